The largest absolute Gasteiger partial charge is 0.453 e. The van der Waals surface area contributed by atoms with Crippen molar-refractivity contribution in [2.75, 3.05) is 50.8 Å². The lowest BCUT2D eigenvalue weighted by atomic mass is 9.79. The van der Waals surface area contributed by atoms with Gasteiger partial charge in [0.1, 0.15) is 5.82 Å². The smallest absolute Gasteiger partial charge is 0.379 e. The summed E-state index contributed by atoms with van der Waals surface area (Å²) in [6.07, 6.45) is 2.45. The molecule has 3 fully saturated rings. The fourth-order valence-corrected chi connectivity index (χ4v) is 5.74. The molecule has 3 aliphatic rings. The number of morpholine rings is 1. The van der Waals surface area contributed by atoms with Gasteiger partial charge >= 0.3 is 6.18 Å². The maximum atomic E-state index is 13.2. The van der Waals surface area contributed by atoms with Gasteiger partial charge in [0, 0.05) is 44.2 Å². The number of carbonyl (C=O) groups excluding carboxylic acids is 1. The van der Waals surface area contributed by atoms with Crippen LogP contribution in [-0.2, 0) is 15.7 Å². The number of anilines is 1. The van der Waals surface area contributed by atoms with E-state index in [-0.39, 0.29) is 23.0 Å². The number of piperidine rings is 1. The molecule has 2 aromatic heterocycles. The Hall–Kier alpha value is -2.47. The molecule has 5 rings (SSSR count). The van der Waals surface area contributed by atoms with E-state index in [1.165, 1.54) is 25.3 Å². The third-order valence-corrected chi connectivity index (χ3v) is 7.75. The number of ether oxygens (including phenoxy) is 1. The molecule has 0 aromatic carbocycles. The number of hydrogen-bond donors (Lipinski definition) is 1. The van der Waals surface area contributed by atoms with Gasteiger partial charge in [-0.2, -0.15) is 17.7 Å². The molecule has 1 amide bonds. The third kappa shape index (κ3) is 5.09. The summed E-state index contributed by atoms with van der Waals surface area (Å²) in [6.45, 7) is 5.07. The van der Waals surface area contributed by atoms with Crippen molar-refractivity contribution in [1.82, 2.24) is 30.0 Å². The Morgan fingerprint density at radius 2 is 1.77 bits per heavy atom. The topological polar surface area (TPSA) is 87.9 Å². The van der Waals surface area contributed by atoms with Crippen LogP contribution in [0.1, 0.15) is 50.8 Å². The minimum Gasteiger partial charge on any atom is -0.379 e. The molecule has 9 nitrogen and oxygen atoms in total. The molecular formula is C23H32F3N7O2. The van der Waals surface area contributed by atoms with Crippen LogP contribution in [0.3, 0.4) is 0 Å². The van der Waals surface area contributed by atoms with Crippen LogP contribution in [0.25, 0.3) is 5.65 Å². The van der Waals surface area contributed by atoms with Crippen molar-refractivity contribution < 1.29 is 22.7 Å². The molecular weight excluding hydrogens is 463 g/mol. The van der Waals surface area contributed by atoms with E-state index in [0.29, 0.717) is 38.3 Å². The number of carbonyl (C=O) groups is 1. The molecule has 1 aliphatic carbocycles. The second kappa shape index (κ2) is 9.88. The van der Waals surface area contributed by atoms with Crippen LogP contribution in [0.5, 0.6) is 0 Å². The fraction of sp³-hybridized carbons (Fsp3) is 0.739. The van der Waals surface area contributed by atoms with Crippen LogP contribution < -0.4 is 10.2 Å². The second-order valence-corrected chi connectivity index (χ2v) is 9.85. The molecule has 12 heteroatoms. The Morgan fingerprint density at radius 3 is 2.46 bits per heavy atom. The van der Waals surface area contributed by atoms with Gasteiger partial charge in [0.2, 0.25) is 5.91 Å². The zero-order chi connectivity index (χ0) is 24.5. The van der Waals surface area contributed by atoms with E-state index in [1.54, 1.807) is 6.07 Å². The molecule has 0 spiro atoms. The van der Waals surface area contributed by atoms with Gasteiger partial charge in [-0.05, 0) is 37.8 Å². The fourth-order valence-electron chi connectivity index (χ4n) is 5.74. The number of aromatic nitrogens is 4. The summed E-state index contributed by atoms with van der Waals surface area (Å²) in [4.78, 5) is 17.5. The molecule has 1 saturated carbocycles. The highest BCUT2D eigenvalue weighted by Crippen LogP contribution is 2.34. The lowest BCUT2D eigenvalue weighted by Crippen LogP contribution is -2.60. The SMILES string of the molecule is O=C(NCC1(N2CCOCC2)CCCCC1)C1CCN(c2ccc3nnc(C(F)(F)F)n3n2)CC1. The Morgan fingerprint density at radius 1 is 1.06 bits per heavy atom. The monoisotopic (exact) mass is 495 g/mol. The van der Waals surface area contributed by atoms with Gasteiger partial charge in [-0.3, -0.25) is 9.69 Å². The zero-order valence-electron chi connectivity index (χ0n) is 19.8. The van der Waals surface area contributed by atoms with Gasteiger partial charge < -0.3 is 15.0 Å². The number of halogens is 3. The summed E-state index contributed by atoms with van der Waals surface area (Å²) >= 11 is 0. The normalized spacial score (nSPS) is 22.4. The number of rotatable bonds is 5. The predicted octanol–water partition coefficient (Wildman–Crippen LogP) is 2.51. The quantitative estimate of drug-likeness (QED) is 0.682. The van der Waals surface area contributed by atoms with Gasteiger partial charge in [-0.15, -0.1) is 15.3 Å². The van der Waals surface area contributed by atoms with Crippen LogP contribution in [0, 0.1) is 5.92 Å². The maximum Gasteiger partial charge on any atom is 0.453 e. The third-order valence-electron chi connectivity index (χ3n) is 7.75. The molecule has 0 unspecified atom stereocenters. The molecule has 0 radical (unpaired) electrons. The Bertz CT molecular complexity index is 1020. The Kier molecular flexibility index (Phi) is 6.84. The van der Waals surface area contributed by atoms with Crippen molar-refractivity contribution in [3.8, 4) is 0 Å². The van der Waals surface area contributed by atoms with E-state index in [9.17, 15) is 18.0 Å². The highest BCUT2D eigenvalue weighted by molar-refractivity contribution is 5.79. The first kappa shape index (κ1) is 24.2. The van der Waals surface area contributed by atoms with E-state index in [4.69, 9.17) is 4.74 Å². The van der Waals surface area contributed by atoms with E-state index < -0.39 is 12.0 Å². The number of hydrogen-bond acceptors (Lipinski definition) is 7. The highest BCUT2D eigenvalue weighted by Gasteiger charge is 2.40. The first-order valence-electron chi connectivity index (χ1n) is 12.5. The van der Waals surface area contributed by atoms with Crippen molar-refractivity contribution in [1.29, 1.82) is 0 Å². The summed E-state index contributed by atoms with van der Waals surface area (Å²) < 4.78 is 45.8. The molecule has 0 bridgehead atoms. The zero-order valence-corrected chi connectivity index (χ0v) is 19.8. The van der Waals surface area contributed by atoms with E-state index in [0.717, 1.165) is 43.7 Å². The molecule has 4 heterocycles. The molecule has 2 saturated heterocycles. The van der Waals surface area contributed by atoms with Crippen LogP contribution in [0.15, 0.2) is 12.1 Å². The average molecular weight is 496 g/mol. The van der Waals surface area contributed by atoms with Gasteiger partial charge in [0.05, 0.1) is 13.2 Å². The molecule has 35 heavy (non-hydrogen) atoms. The maximum absolute atomic E-state index is 13.2. The summed E-state index contributed by atoms with van der Waals surface area (Å²) in [6, 6.07) is 3.14. The standard InChI is InChI=1S/C23H32F3N7O2/c24-23(25,26)21-29-28-18-4-5-19(30-33(18)21)31-10-6-17(7-11-31)20(34)27-16-22(8-2-1-3-9-22)32-12-14-35-15-13-32/h4-5,17H,1-3,6-16H2,(H,27,34). The van der Waals surface area contributed by atoms with Crippen LogP contribution in [-0.4, -0.2) is 82.1 Å². The van der Waals surface area contributed by atoms with Gasteiger partial charge in [-0.1, -0.05) is 19.3 Å². The first-order chi connectivity index (χ1) is 16.9. The van der Waals surface area contributed by atoms with Crippen molar-refractivity contribution in [2.24, 2.45) is 5.92 Å². The summed E-state index contributed by atoms with van der Waals surface area (Å²) in [7, 11) is 0. The van der Waals surface area contributed by atoms with Crippen molar-refractivity contribution in [2.45, 2.75) is 56.7 Å². The average Bonchev–Trinajstić information content (AvgIpc) is 3.33. The van der Waals surface area contributed by atoms with E-state index >= 15 is 0 Å². The Balaban J connectivity index is 1.19. The van der Waals surface area contributed by atoms with Gasteiger partial charge in [-0.25, -0.2) is 0 Å². The van der Waals surface area contributed by atoms with Crippen molar-refractivity contribution in [3.63, 3.8) is 0 Å². The molecule has 2 aromatic rings. The van der Waals surface area contributed by atoms with Gasteiger partial charge in [0.15, 0.2) is 5.65 Å². The second-order valence-electron chi connectivity index (χ2n) is 9.85. The number of alkyl halides is 3. The summed E-state index contributed by atoms with van der Waals surface area (Å²) in [5.74, 6) is -0.749. The highest BCUT2D eigenvalue weighted by atomic mass is 19.4. The summed E-state index contributed by atoms with van der Waals surface area (Å²) in [5.41, 5.74) is 0.0690. The van der Waals surface area contributed by atoms with E-state index in [2.05, 4.69) is 25.5 Å². The number of fused-ring (bicyclic) bond motifs is 1. The van der Waals surface area contributed by atoms with Crippen LogP contribution in [0.4, 0.5) is 19.0 Å². The van der Waals surface area contributed by atoms with Crippen LogP contribution >= 0.6 is 0 Å². The Labute approximate surface area is 202 Å². The lowest BCUT2D eigenvalue weighted by molar-refractivity contribution is -0.146. The lowest BCUT2D eigenvalue weighted by Gasteiger charge is -2.48. The minimum atomic E-state index is -4.63. The molecule has 192 valence electrons. The molecule has 0 atom stereocenters. The number of nitrogens with one attached hydrogen (secondary N) is 1. The van der Waals surface area contributed by atoms with Crippen LogP contribution in [0.2, 0.25) is 0 Å². The van der Waals surface area contributed by atoms with Crippen molar-refractivity contribution in [3.05, 3.63) is 18.0 Å². The number of amides is 1. The predicted molar refractivity (Wildman–Crippen MR) is 122 cm³/mol. The minimum absolute atomic E-state index is 0.0206. The van der Waals surface area contributed by atoms with E-state index in [1.807, 2.05) is 4.90 Å². The van der Waals surface area contributed by atoms with Gasteiger partial charge in [0.25, 0.3) is 5.82 Å². The number of nitrogens with zero attached hydrogens (tertiary/aromatic N) is 6. The molecule has 2 aliphatic heterocycles. The first-order valence-corrected chi connectivity index (χ1v) is 12.5. The van der Waals surface area contributed by atoms with Crippen molar-refractivity contribution >= 4 is 17.4 Å². The summed E-state index contributed by atoms with van der Waals surface area (Å²) in [5, 5.41) is 14.2. The molecule has 1 N–H and O–H groups in total.